The van der Waals surface area contributed by atoms with Gasteiger partial charge in [0, 0.05) is 31.9 Å². The predicted octanol–water partition coefficient (Wildman–Crippen LogP) is 1.54. The summed E-state index contributed by atoms with van der Waals surface area (Å²) in [7, 11) is 0. The van der Waals surface area contributed by atoms with Crippen molar-refractivity contribution in [1.29, 1.82) is 0 Å². The minimum Gasteiger partial charge on any atom is -0.338 e. The zero-order chi connectivity index (χ0) is 18.4. The molecule has 2 N–H and O–H groups in total. The zero-order valence-corrected chi connectivity index (χ0v) is 14.6. The Morgan fingerprint density at radius 3 is 2.92 bits per heavy atom. The van der Waals surface area contributed by atoms with Crippen LogP contribution in [-0.2, 0) is 17.9 Å². The molecule has 9 heteroatoms. The molecule has 0 aliphatic carbocycles. The van der Waals surface area contributed by atoms with Gasteiger partial charge in [-0.05, 0) is 30.5 Å². The molecule has 26 heavy (non-hydrogen) atoms. The molecule has 0 bridgehead atoms. The standard InChI is InChI=1S/C17H22N6O3/c1-2-7-19-17(25)20-10-14-21-16(26-22-14)13-3-4-15(24)23(13)11-12-5-8-18-9-6-12/h5-6,8-9,13H,2-4,7,10-11H2,1H3,(H2,19,20,25)/t13-/m0/s1. The lowest BCUT2D eigenvalue weighted by atomic mass is 10.2. The van der Waals surface area contributed by atoms with E-state index in [4.69, 9.17) is 4.52 Å². The van der Waals surface area contributed by atoms with Crippen molar-refractivity contribution in [3.63, 3.8) is 0 Å². The summed E-state index contributed by atoms with van der Waals surface area (Å²) < 4.78 is 5.34. The van der Waals surface area contributed by atoms with Crippen molar-refractivity contribution in [3.05, 3.63) is 41.8 Å². The number of amides is 3. The van der Waals surface area contributed by atoms with E-state index in [-0.39, 0.29) is 24.5 Å². The molecule has 1 aliphatic heterocycles. The SMILES string of the molecule is CCCNC(=O)NCc1noc([C@@H]2CCC(=O)N2Cc2ccncc2)n1. The van der Waals surface area contributed by atoms with E-state index in [0.29, 0.717) is 37.6 Å². The minimum absolute atomic E-state index is 0.0589. The van der Waals surface area contributed by atoms with Crippen LogP contribution in [0, 0.1) is 0 Å². The van der Waals surface area contributed by atoms with Crippen LogP contribution in [0.15, 0.2) is 29.0 Å². The fourth-order valence-corrected chi connectivity index (χ4v) is 2.81. The third-order valence-electron chi connectivity index (χ3n) is 4.14. The van der Waals surface area contributed by atoms with Crippen LogP contribution in [0.5, 0.6) is 0 Å². The number of aromatic nitrogens is 3. The number of hydrogen-bond donors (Lipinski definition) is 2. The first-order valence-corrected chi connectivity index (χ1v) is 8.70. The van der Waals surface area contributed by atoms with Crippen molar-refractivity contribution >= 4 is 11.9 Å². The number of likely N-dealkylation sites (tertiary alicyclic amines) is 1. The molecule has 1 saturated heterocycles. The Labute approximate surface area is 151 Å². The number of hydrogen-bond acceptors (Lipinski definition) is 6. The third kappa shape index (κ3) is 4.35. The lowest BCUT2D eigenvalue weighted by Crippen LogP contribution is -2.35. The fourth-order valence-electron chi connectivity index (χ4n) is 2.81. The van der Waals surface area contributed by atoms with Crippen LogP contribution < -0.4 is 10.6 Å². The summed E-state index contributed by atoms with van der Waals surface area (Å²) in [6.45, 7) is 3.23. The summed E-state index contributed by atoms with van der Waals surface area (Å²) in [5.74, 6) is 0.842. The molecule has 0 unspecified atom stereocenters. The van der Waals surface area contributed by atoms with Crippen LogP contribution in [0.3, 0.4) is 0 Å². The Morgan fingerprint density at radius 1 is 1.35 bits per heavy atom. The van der Waals surface area contributed by atoms with Crippen molar-refractivity contribution in [1.82, 2.24) is 30.7 Å². The number of carbonyl (C=O) groups is 2. The van der Waals surface area contributed by atoms with Gasteiger partial charge in [-0.1, -0.05) is 12.1 Å². The molecule has 0 spiro atoms. The Kier molecular flexibility index (Phi) is 5.77. The van der Waals surface area contributed by atoms with E-state index in [2.05, 4.69) is 25.8 Å². The highest BCUT2D eigenvalue weighted by Crippen LogP contribution is 2.33. The third-order valence-corrected chi connectivity index (χ3v) is 4.14. The maximum Gasteiger partial charge on any atom is 0.315 e. The van der Waals surface area contributed by atoms with E-state index in [1.807, 2.05) is 19.1 Å². The smallest absolute Gasteiger partial charge is 0.315 e. The summed E-state index contributed by atoms with van der Waals surface area (Å²) in [5, 5.41) is 9.29. The second-order valence-electron chi connectivity index (χ2n) is 6.09. The average Bonchev–Trinajstić information content (AvgIpc) is 3.26. The molecule has 1 atom stereocenters. The van der Waals surface area contributed by atoms with Gasteiger partial charge >= 0.3 is 6.03 Å². The number of nitrogens with zero attached hydrogens (tertiary/aromatic N) is 4. The molecule has 3 amide bonds. The summed E-state index contributed by atoms with van der Waals surface area (Å²) in [4.78, 5) is 33.9. The molecule has 3 rings (SSSR count). The fraction of sp³-hybridized carbons (Fsp3) is 0.471. The van der Waals surface area contributed by atoms with Crippen LogP contribution in [0.2, 0.25) is 0 Å². The molecular formula is C17H22N6O3. The van der Waals surface area contributed by atoms with Crippen molar-refractivity contribution in [2.75, 3.05) is 6.54 Å². The van der Waals surface area contributed by atoms with Crippen LogP contribution in [0.4, 0.5) is 4.79 Å². The first-order valence-electron chi connectivity index (χ1n) is 8.70. The van der Waals surface area contributed by atoms with Gasteiger partial charge in [0.2, 0.25) is 11.8 Å². The normalized spacial score (nSPS) is 16.7. The molecule has 0 aromatic carbocycles. The first kappa shape index (κ1) is 17.8. The number of nitrogens with one attached hydrogen (secondary N) is 2. The zero-order valence-electron chi connectivity index (χ0n) is 14.6. The van der Waals surface area contributed by atoms with E-state index in [1.54, 1.807) is 17.3 Å². The van der Waals surface area contributed by atoms with Crippen molar-refractivity contribution in [3.8, 4) is 0 Å². The quantitative estimate of drug-likeness (QED) is 0.776. The largest absolute Gasteiger partial charge is 0.338 e. The van der Waals surface area contributed by atoms with Gasteiger partial charge in [0.05, 0.1) is 6.54 Å². The maximum absolute atomic E-state index is 12.2. The lowest BCUT2D eigenvalue weighted by Gasteiger charge is -2.21. The predicted molar refractivity (Wildman–Crippen MR) is 91.6 cm³/mol. The van der Waals surface area contributed by atoms with Gasteiger partial charge in [0.25, 0.3) is 0 Å². The van der Waals surface area contributed by atoms with Crippen LogP contribution in [-0.4, -0.2) is 38.5 Å². The maximum atomic E-state index is 12.2. The molecule has 0 radical (unpaired) electrons. The summed E-state index contributed by atoms with van der Waals surface area (Å²) in [6.07, 6.45) is 5.35. The molecule has 2 aromatic rings. The molecule has 1 fully saturated rings. The first-order chi connectivity index (χ1) is 12.7. The van der Waals surface area contributed by atoms with Crippen molar-refractivity contribution in [2.45, 2.75) is 45.3 Å². The van der Waals surface area contributed by atoms with E-state index in [0.717, 1.165) is 12.0 Å². The van der Waals surface area contributed by atoms with Crippen LogP contribution in [0.25, 0.3) is 0 Å². The number of carbonyl (C=O) groups excluding carboxylic acids is 2. The summed E-state index contributed by atoms with van der Waals surface area (Å²) in [6, 6.07) is 3.24. The highest BCUT2D eigenvalue weighted by Gasteiger charge is 2.35. The van der Waals surface area contributed by atoms with Gasteiger partial charge < -0.3 is 20.1 Å². The highest BCUT2D eigenvalue weighted by atomic mass is 16.5. The molecule has 138 valence electrons. The Morgan fingerprint density at radius 2 is 2.15 bits per heavy atom. The van der Waals surface area contributed by atoms with Crippen molar-refractivity contribution < 1.29 is 14.1 Å². The Hall–Kier alpha value is -2.97. The van der Waals surface area contributed by atoms with E-state index < -0.39 is 0 Å². The van der Waals surface area contributed by atoms with Crippen LogP contribution >= 0.6 is 0 Å². The van der Waals surface area contributed by atoms with Gasteiger partial charge in [-0.15, -0.1) is 0 Å². The van der Waals surface area contributed by atoms with Gasteiger partial charge in [-0.3, -0.25) is 9.78 Å². The summed E-state index contributed by atoms with van der Waals surface area (Å²) in [5.41, 5.74) is 0.995. The monoisotopic (exact) mass is 358 g/mol. The highest BCUT2D eigenvalue weighted by molar-refractivity contribution is 5.78. The van der Waals surface area contributed by atoms with Crippen molar-refractivity contribution in [2.24, 2.45) is 0 Å². The number of urea groups is 1. The number of pyridine rings is 1. The Balaban J connectivity index is 1.62. The van der Waals surface area contributed by atoms with Gasteiger partial charge in [-0.2, -0.15) is 4.98 Å². The van der Waals surface area contributed by atoms with Gasteiger partial charge in [0.1, 0.15) is 6.04 Å². The lowest BCUT2D eigenvalue weighted by molar-refractivity contribution is -0.130. The van der Waals surface area contributed by atoms with Gasteiger partial charge in [-0.25, -0.2) is 4.79 Å². The Bertz CT molecular complexity index is 748. The molecule has 9 nitrogen and oxygen atoms in total. The second kappa shape index (κ2) is 8.41. The topological polar surface area (TPSA) is 113 Å². The second-order valence-corrected chi connectivity index (χ2v) is 6.09. The van der Waals surface area contributed by atoms with E-state index >= 15 is 0 Å². The van der Waals surface area contributed by atoms with Gasteiger partial charge in [0.15, 0.2) is 5.82 Å². The molecule has 0 saturated carbocycles. The van der Waals surface area contributed by atoms with E-state index in [1.165, 1.54) is 0 Å². The van der Waals surface area contributed by atoms with E-state index in [9.17, 15) is 9.59 Å². The minimum atomic E-state index is -0.270. The molecule has 2 aromatic heterocycles. The van der Waals surface area contributed by atoms with Crippen LogP contribution in [0.1, 0.15) is 49.5 Å². The molecular weight excluding hydrogens is 336 g/mol. The number of rotatable bonds is 7. The molecule has 3 heterocycles. The average molecular weight is 358 g/mol. The summed E-state index contributed by atoms with van der Waals surface area (Å²) >= 11 is 0. The molecule has 1 aliphatic rings.